The Hall–Kier alpha value is -1.06. The van der Waals surface area contributed by atoms with Crippen LogP contribution in [0.5, 0.6) is 0 Å². The van der Waals surface area contributed by atoms with Crippen molar-refractivity contribution in [3.63, 3.8) is 0 Å². The second-order valence-corrected chi connectivity index (χ2v) is 4.45. The number of carbonyl (C=O) groups is 2. The fourth-order valence-electron chi connectivity index (χ4n) is 1.24. The molecule has 0 atom stereocenters. The Balaban J connectivity index is 3.42. The third-order valence-electron chi connectivity index (χ3n) is 2.08. The molecule has 0 radical (unpaired) electrons. The number of carboxylic acids is 1. The minimum absolute atomic E-state index is 0.0944. The summed E-state index contributed by atoms with van der Waals surface area (Å²) in [5.41, 5.74) is -0.0231. The van der Waals surface area contributed by atoms with Crippen molar-refractivity contribution in [1.82, 2.24) is 0 Å². The molecule has 86 valence electrons. The molecule has 0 aliphatic carbocycles. The molecule has 1 aromatic rings. The zero-order valence-corrected chi connectivity index (χ0v) is 10.3. The lowest BCUT2D eigenvalue weighted by atomic mass is 9.96. The molecule has 0 saturated heterocycles. The average Bonchev–Trinajstić information content (AvgIpc) is 2.19. The summed E-state index contributed by atoms with van der Waals surface area (Å²) in [5.74, 6) is -1.76. The maximum atomic E-state index is 11.8. The van der Waals surface area contributed by atoms with Crippen molar-refractivity contribution >= 4 is 35.0 Å². The Morgan fingerprint density at radius 2 is 1.56 bits per heavy atom. The molecule has 0 spiro atoms. The zero-order chi connectivity index (χ0) is 12.5. The van der Waals surface area contributed by atoms with Gasteiger partial charge in [-0.1, -0.05) is 37.0 Å². The van der Waals surface area contributed by atoms with Gasteiger partial charge in [-0.2, -0.15) is 0 Å². The van der Waals surface area contributed by atoms with Gasteiger partial charge in [0.05, 0.1) is 15.6 Å². The second-order valence-electron chi connectivity index (χ2n) is 3.64. The number of ketones is 1. The Kier molecular flexibility index (Phi) is 3.94. The first kappa shape index (κ1) is 13.0. The largest absolute Gasteiger partial charge is 0.478 e. The van der Waals surface area contributed by atoms with E-state index in [4.69, 9.17) is 28.3 Å². The van der Waals surface area contributed by atoms with Gasteiger partial charge >= 0.3 is 5.97 Å². The number of aromatic carboxylic acids is 1. The predicted octanol–water partition coefficient (Wildman–Crippen LogP) is 3.53. The van der Waals surface area contributed by atoms with Crippen LogP contribution in [0, 0.1) is 5.92 Å². The molecular formula is C11H10Cl2O3. The molecule has 0 amide bonds. The number of Topliss-reactive ketones (excluding diaryl/α,β-unsaturated/α-hetero) is 1. The summed E-state index contributed by atoms with van der Waals surface area (Å²) in [5, 5.41) is 9.26. The van der Waals surface area contributed by atoms with Crippen molar-refractivity contribution in [3.8, 4) is 0 Å². The van der Waals surface area contributed by atoms with E-state index in [0.717, 1.165) is 0 Å². The van der Waals surface area contributed by atoms with Crippen molar-refractivity contribution < 1.29 is 14.7 Å². The van der Waals surface area contributed by atoms with Gasteiger partial charge in [-0.25, -0.2) is 4.79 Å². The first-order valence-corrected chi connectivity index (χ1v) is 5.36. The first-order chi connectivity index (χ1) is 7.34. The number of hydrogen-bond acceptors (Lipinski definition) is 2. The van der Waals surface area contributed by atoms with E-state index in [1.807, 2.05) is 0 Å². The molecule has 0 aliphatic heterocycles. The van der Waals surface area contributed by atoms with Gasteiger partial charge in [-0.15, -0.1) is 0 Å². The first-order valence-electron chi connectivity index (χ1n) is 4.61. The maximum Gasteiger partial charge on any atom is 0.336 e. The SMILES string of the molecule is CC(C)C(=O)c1cc(Cl)c(Cl)cc1C(=O)O. The van der Waals surface area contributed by atoms with E-state index in [-0.39, 0.29) is 32.9 Å². The Bertz CT molecular complexity index is 453. The highest BCUT2D eigenvalue weighted by Gasteiger charge is 2.20. The van der Waals surface area contributed by atoms with Gasteiger partial charge < -0.3 is 5.11 Å². The minimum atomic E-state index is -1.19. The molecular weight excluding hydrogens is 251 g/mol. The summed E-state index contributed by atoms with van der Waals surface area (Å²) in [6, 6.07) is 2.50. The smallest absolute Gasteiger partial charge is 0.336 e. The van der Waals surface area contributed by atoms with Crippen LogP contribution in [0.3, 0.4) is 0 Å². The molecule has 16 heavy (non-hydrogen) atoms. The molecule has 0 bridgehead atoms. The lowest BCUT2D eigenvalue weighted by Crippen LogP contribution is -2.13. The van der Waals surface area contributed by atoms with Crippen LogP contribution in [-0.2, 0) is 0 Å². The summed E-state index contributed by atoms with van der Waals surface area (Å²) < 4.78 is 0. The van der Waals surface area contributed by atoms with E-state index in [1.54, 1.807) is 13.8 Å². The molecule has 0 saturated carbocycles. The van der Waals surface area contributed by atoms with Crippen molar-refractivity contribution in [2.24, 2.45) is 5.92 Å². The molecule has 1 rings (SSSR count). The van der Waals surface area contributed by atoms with Crippen LogP contribution in [0.25, 0.3) is 0 Å². The van der Waals surface area contributed by atoms with Crippen molar-refractivity contribution in [2.45, 2.75) is 13.8 Å². The van der Waals surface area contributed by atoms with Gasteiger partial charge in [0.15, 0.2) is 5.78 Å². The molecule has 0 fully saturated rings. The molecule has 3 nitrogen and oxygen atoms in total. The average molecular weight is 261 g/mol. The van der Waals surface area contributed by atoms with Crippen molar-refractivity contribution in [2.75, 3.05) is 0 Å². The summed E-state index contributed by atoms with van der Waals surface area (Å²) in [4.78, 5) is 22.7. The van der Waals surface area contributed by atoms with Crippen LogP contribution >= 0.6 is 23.2 Å². The van der Waals surface area contributed by atoms with Crippen molar-refractivity contribution in [3.05, 3.63) is 33.3 Å². The summed E-state index contributed by atoms with van der Waals surface area (Å²) >= 11 is 11.5. The van der Waals surface area contributed by atoms with E-state index in [0.29, 0.717) is 0 Å². The highest BCUT2D eigenvalue weighted by molar-refractivity contribution is 6.42. The molecule has 1 aromatic carbocycles. The quantitative estimate of drug-likeness (QED) is 0.847. The highest BCUT2D eigenvalue weighted by Crippen LogP contribution is 2.27. The molecule has 0 aliphatic rings. The molecule has 1 N–H and O–H groups in total. The molecule has 0 aromatic heterocycles. The third kappa shape index (κ3) is 2.54. The van der Waals surface area contributed by atoms with Crippen LogP contribution in [0.4, 0.5) is 0 Å². The van der Waals surface area contributed by atoms with E-state index in [9.17, 15) is 9.59 Å². The summed E-state index contributed by atoms with van der Waals surface area (Å²) in [6.07, 6.45) is 0. The number of carbonyl (C=O) groups excluding carboxylic acids is 1. The lowest BCUT2D eigenvalue weighted by molar-refractivity contribution is 0.0691. The maximum absolute atomic E-state index is 11.8. The van der Waals surface area contributed by atoms with Crippen LogP contribution in [0.2, 0.25) is 10.0 Å². The predicted molar refractivity (Wildman–Crippen MR) is 62.6 cm³/mol. The van der Waals surface area contributed by atoms with Gasteiger partial charge in [0, 0.05) is 11.5 Å². The summed E-state index contributed by atoms with van der Waals surface area (Å²) in [6.45, 7) is 3.38. The molecule has 0 unspecified atom stereocenters. The standard InChI is InChI=1S/C11H10Cl2O3/c1-5(2)10(14)6-3-8(12)9(13)4-7(6)11(15)16/h3-5H,1-2H3,(H,15,16). The fraction of sp³-hybridized carbons (Fsp3) is 0.273. The zero-order valence-electron chi connectivity index (χ0n) is 8.75. The second kappa shape index (κ2) is 4.85. The topological polar surface area (TPSA) is 54.4 Å². The van der Waals surface area contributed by atoms with Gasteiger partial charge in [-0.3, -0.25) is 4.79 Å². The molecule has 5 heteroatoms. The molecule has 0 heterocycles. The Morgan fingerprint density at radius 3 is 1.94 bits per heavy atom. The number of hydrogen-bond donors (Lipinski definition) is 1. The Labute approximate surface area is 103 Å². The number of rotatable bonds is 3. The third-order valence-corrected chi connectivity index (χ3v) is 2.80. The minimum Gasteiger partial charge on any atom is -0.478 e. The van der Waals surface area contributed by atoms with Crippen LogP contribution in [0.15, 0.2) is 12.1 Å². The van der Waals surface area contributed by atoms with Crippen molar-refractivity contribution in [1.29, 1.82) is 0 Å². The van der Waals surface area contributed by atoms with Gasteiger partial charge in [0.25, 0.3) is 0 Å². The van der Waals surface area contributed by atoms with Crippen LogP contribution in [0.1, 0.15) is 34.6 Å². The van der Waals surface area contributed by atoms with E-state index in [1.165, 1.54) is 12.1 Å². The van der Waals surface area contributed by atoms with Gasteiger partial charge in [-0.05, 0) is 12.1 Å². The summed E-state index contributed by atoms with van der Waals surface area (Å²) in [7, 11) is 0. The van der Waals surface area contributed by atoms with Gasteiger partial charge in [0.2, 0.25) is 0 Å². The van der Waals surface area contributed by atoms with E-state index >= 15 is 0 Å². The fourth-order valence-corrected chi connectivity index (χ4v) is 1.57. The monoisotopic (exact) mass is 260 g/mol. The number of benzene rings is 1. The normalized spacial score (nSPS) is 10.6. The lowest BCUT2D eigenvalue weighted by Gasteiger charge is -2.09. The van der Waals surface area contributed by atoms with Crippen LogP contribution < -0.4 is 0 Å². The van der Waals surface area contributed by atoms with Crippen LogP contribution in [-0.4, -0.2) is 16.9 Å². The van der Waals surface area contributed by atoms with E-state index < -0.39 is 5.97 Å². The van der Waals surface area contributed by atoms with E-state index in [2.05, 4.69) is 0 Å². The van der Waals surface area contributed by atoms with Gasteiger partial charge in [0.1, 0.15) is 0 Å². The highest BCUT2D eigenvalue weighted by atomic mass is 35.5. The Morgan fingerprint density at radius 1 is 1.12 bits per heavy atom. The number of carboxylic acid groups (broad SMARTS) is 1. The number of halogens is 2.